The number of benzene rings is 1. The molecule has 0 fully saturated rings. The molecule has 0 bridgehead atoms. The largest absolute Gasteiger partial charge is 0.345 e. The Kier molecular flexibility index (Phi) is 4.24. The van der Waals surface area contributed by atoms with Gasteiger partial charge in [0.15, 0.2) is 0 Å². The second-order valence-corrected chi connectivity index (χ2v) is 4.02. The first-order valence-corrected chi connectivity index (χ1v) is 5.88. The number of carbonyl (C=O) groups is 1. The van der Waals surface area contributed by atoms with E-state index in [0.717, 1.165) is 0 Å². The summed E-state index contributed by atoms with van der Waals surface area (Å²) in [7, 11) is 0. The van der Waals surface area contributed by atoms with Crippen molar-refractivity contribution < 1.29 is 9.72 Å². The highest BCUT2D eigenvalue weighted by molar-refractivity contribution is 5.91. The molecule has 0 aliphatic heterocycles. The Morgan fingerprint density at radius 3 is 2.67 bits per heavy atom. The van der Waals surface area contributed by atoms with E-state index in [1.165, 1.54) is 36.4 Å². The smallest absolute Gasteiger partial charge is 0.340 e. The molecule has 3 N–H and O–H groups in total. The SMILES string of the molecule is O=C(C=Cc1ccc([N+](=O)[O-])cc1)NCc1n[nH]c(=O)[nH]1. The molecule has 2 aromatic rings. The van der Waals surface area contributed by atoms with Crippen LogP contribution in [-0.2, 0) is 11.3 Å². The van der Waals surface area contributed by atoms with E-state index in [1.807, 2.05) is 0 Å². The molecule has 108 valence electrons. The summed E-state index contributed by atoms with van der Waals surface area (Å²) in [5.74, 6) is -0.0608. The van der Waals surface area contributed by atoms with Gasteiger partial charge in [0, 0.05) is 18.2 Å². The van der Waals surface area contributed by atoms with Crippen LogP contribution in [0.3, 0.4) is 0 Å². The van der Waals surface area contributed by atoms with E-state index in [0.29, 0.717) is 11.4 Å². The van der Waals surface area contributed by atoms with Gasteiger partial charge in [-0.3, -0.25) is 19.9 Å². The zero-order chi connectivity index (χ0) is 15.2. The van der Waals surface area contributed by atoms with Gasteiger partial charge in [-0.05, 0) is 23.8 Å². The van der Waals surface area contributed by atoms with Crippen molar-refractivity contribution in [3.8, 4) is 0 Å². The normalized spacial score (nSPS) is 10.7. The predicted octanol–water partition coefficient (Wildman–Crippen LogP) is 0.336. The highest BCUT2D eigenvalue weighted by Gasteiger charge is 2.03. The number of nitrogens with zero attached hydrogens (tertiary/aromatic N) is 2. The fourth-order valence-corrected chi connectivity index (χ4v) is 1.50. The molecule has 0 saturated heterocycles. The van der Waals surface area contributed by atoms with Crippen LogP contribution in [0.5, 0.6) is 0 Å². The van der Waals surface area contributed by atoms with E-state index in [-0.39, 0.29) is 18.1 Å². The lowest BCUT2D eigenvalue weighted by molar-refractivity contribution is -0.384. The maximum absolute atomic E-state index is 11.5. The highest BCUT2D eigenvalue weighted by Crippen LogP contribution is 2.12. The molecule has 1 amide bonds. The van der Waals surface area contributed by atoms with Crippen molar-refractivity contribution in [2.24, 2.45) is 0 Å². The summed E-state index contributed by atoms with van der Waals surface area (Å²) in [6.45, 7) is 0.0855. The fraction of sp³-hybridized carbons (Fsp3) is 0.0833. The molecule has 0 atom stereocenters. The number of H-pyrrole nitrogens is 2. The summed E-state index contributed by atoms with van der Waals surface area (Å²) in [6.07, 6.45) is 2.80. The number of carbonyl (C=O) groups excluding carboxylic acids is 1. The van der Waals surface area contributed by atoms with E-state index < -0.39 is 10.6 Å². The lowest BCUT2D eigenvalue weighted by Gasteiger charge is -1.98. The number of hydrogen-bond acceptors (Lipinski definition) is 5. The fourth-order valence-electron chi connectivity index (χ4n) is 1.50. The molecular weight excluding hydrogens is 278 g/mol. The van der Waals surface area contributed by atoms with E-state index in [2.05, 4.69) is 20.5 Å². The van der Waals surface area contributed by atoms with Gasteiger partial charge in [-0.25, -0.2) is 9.89 Å². The number of rotatable bonds is 5. The first-order valence-electron chi connectivity index (χ1n) is 5.88. The molecule has 0 unspecified atom stereocenters. The van der Waals surface area contributed by atoms with Crippen molar-refractivity contribution in [3.05, 3.63) is 62.3 Å². The third kappa shape index (κ3) is 4.13. The lowest BCUT2D eigenvalue weighted by atomic mass is 10.2. The van der Waals surface area contributed by atoms with E-state index >= 15 is 0 Å². The Balaban J connectivity index is 1.89. The predicted molar refractivity (Wildman–Crippen MR) is 73.2 cm³/mol. The number of nitrogens with one attached hydrogen (secondary N) is 3. The van der Waals surface area contributed by atoms with Gasteiger partial charge in [-0.2, -0.15) is 5.10 Å². The van der Waals surface area contributed by atoms with Crippen LogP contribution in [0.15, 0.2) is 35.1 Å². The van der Waals surface area contributed by atoms with Gasteiger partial charge in [-0.15, -0.1) is 0 Å². The van der Waals surface area contributed by atoms with Crippen LogP contribution in [-0.4, -0.2) is 26.0 Å². The summed E-state index contributed by atoms with van der Waals surface area (Å²) in [4.78, 5) is 34.7. The van der Waals surface area contributed by atoms with Crippen molar-refractivity contribution in [2.75, 3.05) is 0 Å². The topological polar surface area (TPSA) is 134 Å². The first kappa shape index (κ1) is 14.2. The third-order valence-corrected chi connectivity index (χ3v) is 2.51. The van der Waals surface area contributed by atoms with Gasteiger partial charge in [0.25, 0.3) is 5.69 Å². The Labute approximate surface area is 117 Å². The molecule has 0 aliphatic rings. The molecule has 0 saturated carbocycles. The summed E-state index contributed by atoms with van der Waals surface area (Å²) >= 11 is 0. The molecular formula is C12H11N5O4. The second-order valence-electron chi connectivity index (χ2n) is 4.02. The summed E-state index contributed by atoms with van der Waals surface area (Å²) in [5.41, 5.74) is 0.198. The van der Waals surface area contributed by atoms with Crippen LogP contribution in [0.2, 0.25) is 0 Å². The molecule has 21 heavy (non-hydrogen) atoms. The molecule has 1 heterocycles. The van der Waals surface area contributed by atoms with Crippen LogP contribution in [0.1, 0.15) is 11.4 Å². The van der Waals surface area contributed by atoms with Gasteiger partial charge in [-0.1, -0.05) is 0 Å². The number of aromatic nitrogens is 3. The first-order chi connectivity index (χ1) is 10.0. The molecule has 1 aromatic carbocycles. The maximum atomic E-state index is 11.5. The van der Waals surface area contributed by atoms with Gasteiger partial charge in [0.05, 0.1) is 11.5 Å². The van der Waals surface area contributed by atoms with E-state index in [1.54, 1.807) is 0 Å². The number of nitro benzene ring substituents is 1. The lowest BCUT2D eigenvalue weighted by Crippen LogP contribution is -2.21. The molecule has 2 rings (SSSR count). The van der Waals surface area contributed by atoms with Crippen molar-refractivity contribution in [3.63, 3.8) is 0 Å². The zero-order valence-electron chi connectivity index (χ0n) is 10.7. The molecule has 9 nitrogen and oxygen atoms in total. The summed E-state index contributed by atoms with van der Waals surface area (Å²) in [5, 5.41) is 18.8. The Morgan fingerprint density at radius 1 is 1.38 bits per heavy atom. The van der Waals surface area contributed by atoms with Crippen molar-refractivity contribution in [2.45, 2.75) is 6.54 Å². The molecule has 9 heteroatoms. The average molecular weight is 289 g/mol. The Bertz CT molecular complexity index is 729. The summed E-state index contributed by atoms with van der Waals surface area (Å²) < 4.78 is 0. The molecule has 1 aromatic heterocycles. The Hall–Kier alpha value is -3.23. The Morgan fingerprint density at radius 2 is 2.10 bits per heavy atom. The van der Waals surface area contributed by atoms with Gasteiger partial charge in [0.1, 0.15) is 5.82 Å². The number of nitro groups is 1. The molecule has 0 aliphatic carbocycles. The monoisotopic (exact) mass is 289 g/mol. The minimum Gasteiger partial charge on any atom is -0.345 e. The van der Waals surface area contributed by atoms with Crippen molar-refractivity contribution in [1.29, 1.82) is 0 Å². The number of aromatic amines is 2. The third-order valence-electron chi connectivity index (χ3n) is 2.51. The highest BCUT2D eigenvalue weighted by atomic mass is 16.6. The minimum atomic E-state index is -0.495. The summed E-state index contributed by atoms with van der Waals surface area (Å²) in [6, 6.07) is 5.78. The zero-order valence-corrected chi connectivity index (χ0v) is 10.7. The van der Waals surface area contributed by atoms with Gasteiger partial charge in [0.2, 0.25) is 5.91 Å². The van der Waals surface area contributed by atoms with Crippen LogP contribution in [0, 0.1) is 10.1 Å². The van der Waals surface area contributed by atoms with Crippen LogP contribution < -0.4 is 11.0 Å². The second kappa shape index (κ2) is 6.28. The van der Waals surface area contributed by atoms with E-state index in [4.69, 9.17) is 0 Å². The van der Waals surface area contributed by atoms with Crippen LogP contribution in [0.25, 0.3) is 6.08 Å². The number of hydrogen-bond donors (Lipinski definition) is 3. The van der Waals surface area contributed by atoms with Crippen LogP contribution in [0.4, 0.5) is 5.69 Å². The van der Waals surface area contributed by atoms with Crippen molar-refractivity contribution >= 4 is 17.7 Å². The van der Waals surface area contributed by atoms with Gasteiger partial charge >= 0.3 is 5.69 Å². The molecule has 0 spiro atoms. The van der Waals surface area contributed by atoms with Crippen LogP contribution >= 0.6 is 0 Å². The van der Waals surface area contributed by atoms with Gasteiger partial charge < -0.3 is 5.32 Å². The van der Waals surface area contributed by atoms with Crippen molar-refractivity contribution in [1.82, 2.24) is 20.5 Å². The average Bonchev–Trinajstić information content (AvgIpc) is 2.89. The standard InChI is InChI=1S/C12H11N5O4/c18-11(13-7-10-14-12(19)16-15-10)6-3-8-1-4-9(5-2-8)17(20)21/h1-6H,7H2,(H,13,18)(H2,14,15,16,19). The number of amides is 1. The quantitative estimate of drug-likeness (QED) is 0.414. The van der Waals surface area contributed by atoms with E-state index in [9.17, 15) is 19.7 Å². The molecule has 0 radical (unpaired) electrons. The maximum Gasteiger partial charge on any atom is 0.340 e. The number of non-ortho nitro benzene ring substituents is 1. The minimum absolute atomic E-state index is 0.0147.